The zero-order valence-electron chi connectivity index (χ0n) is 14.3. The van der Waals surface area contributed by atoms with Crippen LogP contribution in [0.25, 0.3) is 0 Å². The average Bonchev–Trinajstić information content (AvgIpc) is 2.60. The first-order valence-corrected chi connectivity index (χ1v) is 8.44. The molecule has 0 bridgehead atoms. The van der Waals surface area contributed by atoms with E-state index in [0.29, 0.717) is 33.7 Å². The molecule has 0 spiro atoms. The van der Waals surface area contributed by atoms with Crippen molar-refractivity contribution in [2.75, 3.05) is 26.1 Å². The van der Waals surface area contributed by atoms with Crippen LogP contribution in [0.1, 0.15) is 5.56 Å². The molecule has 0 aliphatic carbocycles. The smallest absolute Gasteiger partial charge is 0.313 e. The number of anilines is 1. The normalized spacial score (nSPS) is 10.2. The quantitative estimate of drug-likeness (QED) is 0.734. The number of amides is 2. The number of rotatable bonds is 6. The molecule has 2 rings (SSSR count). The molecule has 0 unspecified atom stereocenters. The Morgan fingerprint density at radius 2 is 1.46 bits per heavy atom. The van der Waals surface area contributed by atoms with Crippen molar-refractivity contribution >= 4 is 40.7 Å². The van der Waals surface area contributed by atoms with Gasteiger partial charge in [-0.25, -0.2) is 0 Å². The van der Waals surface area contributed by atoms with Gasteiger partial charge < -0.3 is 20.1 Å². The Labute approximate surface area is 161 Å². The van der Waals surface area contributed by atoms with Gasteiger partial charge in [0.05, 0.1) is 14.2 Å². The lowest BCUT2D eigenvalue weighted by Gasteiger charge is -2.10. The maximum Gasteiger partial charge on any atom is 0.313 e. The third kappa shape index (κ3) is 5.82. The summed E-state index contributed by atoms with van der Waals surface area (Å²) in [6.07, 6.45) is 0.492. The SMILES string of the molecule is COc1cc(NC(=O)C(=O)NCCc2cc(Cl)cc(Cl)c2)cc(OC)c1. The highest BCUT2D eigenvalue weighted by Gasteiger charge is 2.14. The van der Waals surface area contributed by atoms with E-state index in [0.717, 1.165) is 5.56 Å². The fourth-order valence-corrected chi connectivity index (χ4v) is 2.79. The minimum Gasteiger partial charge on any atom is -0.497 e. The first-order valence-electron chi connectivity index (χ1n) is 7.68. The highest BCUT2D eigenvalue weighted by Crippen LogP contribution is 2.25. The molecule has 6 nitrogen and oxygen atoms in total. The number of halogens is 2. The Bertz CT molecular complexity index is 769. The van der Waals surface area contributed by atoms with E-state index in [9.17, 15) is 9.59 Å². The summed E-state index contributed by atoms with van der Waals surface area (Å²) in [5, 5.41) is 6.09. The summed E-state index contributed by atoms with van der Waals surface area (Å²) in [5.41, 5.74) is 1.25. The third-order valence-electron chi connectivity index (χ3n) is 3.44. The summed E-state index contributed by atoms with van der Waals surface area (Å²) in [6.45, 7) is 0.268. The van der Waals surface area contributed by atoms with Crippen LogP contribution in [0.15, 0.2) is 36.4 Å². The number of hydrogen-bond donors (Lipinski definition) is 2. The number of hydrogen-bond acceptors (Lipinski definition) is 4. The minimum absolute atomic E-state index is 0.268. The lowest BCUT2D eigenvalue weighted by Crippen LogP contribution is -2.36. The van der Waals surface area contributed by atoms with E-state index in [4.69, 9.17) is 32.7 Å². The summed E-state index contributed by atoms with van der Waals surface area (Å²) in [5.74, 6) is -0.542. The number of ether oxygens (including phenoxy) is 2. The highest BCUT2D eigenvalue weighted by molar-refractivity contribution is 6.39. The fraction of sp³-hybridized carbons (Fsp3) is 0.222. The molecule has 0 aromatic heterocycles. The standard InChI is InChI=1S/C18H18Cl2N2O4/c1-25-15-8-14(9-16(10-15)26-2)22-18(24)17(23)21-4-3-11-5-12(19)7-13(20)6-11/h5-10H,3-4H2,1-2H3,(H,21,23)(H,22,24). The predicted molar refractivity (Wildman–Crippen MR) is 101 cm³/mol. The second-order valence-electron chi connectivity index (χ2n) is 5.34. The molecule has 2 aromatic rings. The van der Waals surface area contributed by atoms with Gasteiger partial charge in [0.1, 0.15) is 11.5 Å². The van der Waals surface area contributed by atoms with Gasteiger partial charge in [-0.15, -0.1) is 0 Å². The largest absolute Gasteiger partial charge is 0.497 e. The van der Waals surface area contributed by atoms with Crippen LogP contribution in [0, 0.1) is 0 Å². The molecule has 0 heterocycles. The van der Waals surface area contributed by atoms with Crippen LogP contribution in [0.5, 0.6) is 11.5 Å². The van der Waals surface area contributed by atoms with Crippen molar-refractivity contribution in [3.05, 3.63) is 52.0 Å². The molecule has 0 fully saturated rings. The minimum atomic E-state index is -0.788. The van der Waals surface area contributed by atoms with E-state index < -0.39 is 11.8 Å². The van der Waals surface area contributed by atoms with Crippen molar-refractivity contribution in [1.29, 1.82) is 0 Å². The van der Waals surface area contributed by atoms with Crippen molar-refractivity contribution in [2.45, 2.75) is 6.42 Å². The van der Waals surface area contributed by atoms with Gasteiger partial charge in [0.2, 0.25) is 0 Å². The van der Waals surface area contributed by atoms with E-state index in [1.54, 1.807) is 36.4 Å². The first kappa shape index (κ1) is 19.9. The fourth-order valence-electron chi connectivity index (χ4n) is 2.22. The second-order valence-corrected chi connectivity index (χ2v) is 6.21. The van der Waals surface area contributed by atoms with Crippen molar-refractivity contribution in [3.8, 4) is 11.5 Å². The Kier molecular flexibility index (Phi) is 7.12. The highest BCUT2D eigenvalue weighted by atomic mass is 35.5. The van der Waals surface area contributed by atoms with Crippen LogP contribution in [-0.4, -0.2) is 32.6 Å². The maximum atomic E-state index is 12.0. The van der Waals surface area contributed by atoms with Gasteiger partial charge in [0.25, 0.3) is 0 Å². The first-order chi connectivity index (χ1) is 12.4. The number of methoxy groups -OCH3 is 2. The molecule has 0 aliphatic rings. The zero-order chi connectivity index (χ0) is 19.1. The molecular weight excluding hydrogens is 379 g/mol. The van der Waals surface area contributed by atoms with E-state index in [2.05, 4.69) is 10.6 Å². The Morgan fingerprint density at radius 1 is 0.885 bits per heavy atom. The summed E-state index contributed by atoms with van der Waals surface area (Å²) < 4.78 is 10.2. The molecule has 0 atom stereocenters. The predicted octanol–water partition coefficient (Wildman–Crippen LogP) is 3.31. The lowest BCUT2D eigenvalue weighted by atomic mass is 10.1. The summed E-state index contributed by atoms with van der Waals surface area (Å²) >= 11 is 11.9. The van der Waals surface area contributed by atoms with Gasteiger partial charge in [-0.2, -0.15) is 0 Å². The van der Waals surface area contributed by atoms with E-state index in [-0.39, 0.29) is 6.54 Å². The van der Waals surface area contributed by atoms with Gasteiger partial charge in [0, 0.05) is 40.5 Å². The molecule has 2 N–H and O–H groups in total. The summed E-state index contributed by atoms with van der Waals surface area (Å²) in [7, 11) is 2.99. The molecule has 8 heteroatoms. The van der Waals surface area contributed by atoms with Crippen LogP contribution < -0.4 is 20.1 Å². The Morgan fingerprint density at radius 3 is 2.00 bits per heavy atom. The van der Waals surface area contributed by atoms with E-state index in [1.807, 2.05) is 0 Å². The molecular formula is C18H18Cl2N2O4. The topological polar surface area (TPSA) is 76.7 Å². The Balaban J connectivity index is 1.90. The number of carbonyl (C=O) groups is 2. The molecule has 138 valence electrons. The summed E-state index contributed by atoms with van der Waals surface area (Å²) in [6, 6.07) is 9.96. The van der Waals surface area contributed by atoms with Crippen molar-refractivity contribution in [3.63, 3.8) is 0 Å². The number of benzene rings is 2. The lowest BCUT2D eigenvalue weighted by molar-refractivity contribution is -0.136. The van der Waals surface area contributed by atoms with Gasteiger partial charge in [-0.05, 0) is 30.2 Å². The molecule has 2 amide bonds. The molecule has 2 aromatic carbocycles. The van der Waals surface area contributed by atoms with Crippen LogP contribution in [-0.2, 0) is 16.0 Å². The molecule has 0 saturated carbocycles. The average molecular weight is 397 g/mol. The van der Waals surface area contributed by atoms with E-state index >= 15 is 0 Å². The van der Waals surface area contributed by atoms with Crippen molar-refractivity contribution < 1.29 is 19.1 Å². The van der Waals surface area contributed by atoms with E-state index in [1.165, 1.54) is 14.2 Å². The van der Waals surface area contributed by atoms with Crippen LogP contribution in [0.4, 0.5) is 5.69 Å². The second kappa shape index (κ2) is 9.31. The maximum absolute atomic E-state index is 12.0. The third-order valence-corrected chi connectivity index (χ3v) is 3.87. The molecule has 0 saturated heterocycles. The Hall–Kier alpha value is -2.44. The van der Waals surface area contributed by atoms with Crippen molar-refractivity contribution in [2.24, 2.45) is 0 Å². The number of nitrogens with one attached hydrogen (secondary N) is 2. The van der Waals surface area contributed by atoms with Crippen LogP contribution >= 0.6 is 23.2 Å². The zero-order valence-corrected chi connectivity index (χ0v) is 15.8. The van der Waals surface area contributed by atoms with Crippen LogP contribution in [0.2, 0.25) is 10.0 Å². The van der Waals surface area contributed by atoms with Gasteiger partial charge in [-0.1, -0.05) is 23.2 Å². The number of carbonyl (C=O) groups excluding carboxylic acids is 2. The monoisotopic (exact) mass is 396 g/mol. The molecule has 26 heavy (non-hydrogen) atoms. The van der Waals surface area contributed by atoms with Crippen molar-refractivity contribution in [1.82, 2.24) is 5.32 Å². The van der Waals surface area contributed by atoms with Crippen LogP contribution in [0.3, 0.4) is 0 Å². The molecule has 0 aliphatic heterocycles. The summed E-state index contributed by atoms with van der Waals surface area (Å²) in [4.78, 5) is 24.0. The van der Waals surface area contributed by atoms with Gasteiger partial charge in [-0.3, -0.25) is 9.59 Å². The van der Waals surface area contributed by atoms with Gasteiger partial charge >= 0.3 is 11.8 Å². The molecule has 0 radical (unpaired) electrons. The van der Waals surface area contributed by atoms with Gasteiger partial charge in [0.15, 0.2) is 0 Å².